The molecule has 0 aliphatic carbocycles. The van der Waals surface area contributed by atoms with Gasteiger partial charge in [-0.3, -0.25) is 9.59 Å². The van der Waals surface area contributed by atoms with Crippen molar-refractivity contribution in [3.63, 3.8) is 0 Å². The van der Waals surface area contributed by atoms with Gasteiger partial charge < -0.3 is 14.8 Å². The summed E-state index contributed by atoms with van der Waals surface area (Å²) in [6, 6.07) is 14.9. The molecular formula is C21H23BrN4O2. The topological polar surface area (TPSA) is 67.2 Å². The zero-order valence-corrected chi connectivity index (χ0v) is 17.6. The minimum absolute atomic E-state index is 0.0349. The highest BCUT2D eigenvalue weighted by atomic mass is 79.9. The molecule has 1 heterocycles. The predicted octanol–water partition coefficient (Wildman–Crippen LogP) is 3.60. The lowest BCUT2D eigenvalue weighted by atomic mass is 10.2. The third kappa shape index (κ3) is 4.42. The first kappa shape index (κ1) is 20.1. The molecule has 0 unspecified atom stereocenters. The van der Waals surface area contributed by atoms with Gasteiger partial charge in [-0.15, -0.1) is 0 Å². The second kappa shape index (κ2) is 9.01. The van der Waals surface area contributed by atoms with Crippen molar-refractivity contribution in [2.45, 2.75) is 26.9 Å². The molecule has 3 aromatic rings. The Morgan fingerprint density at radius 1 is 1.11 bits per heavy atom. The number of likely N-dealkylation sites (N-methyl/N-ethyl adjacent to an activating group) is 1. The van der Waals surface area contributed by atoms with Crippen LogP contribution in [0.2, 0.25) is 0 Å². The number of nitrogens with one attached hydrogen (secondary N) is 1. The van der Waals surface area contributed by atoms with Crippen LogP contribution in [0.25, 0.3) is 11.0 Å². The van der Waals surface area contributed by atoms with Crippen LogP contribution in [0.1, 0.15) is 30.0 Å². The highest BCUT2D eigenvalue weighted by molar-refractivity contribution is 9.10. The Hall–Kier alpha value is -2.67. The van der Waals surface area contributed by atoms with Gasteiger partial charge in [-0.25, -0.2) is 4.98 Å². The van der Waals surface area contributed by atoms with Crippen LogP contribution in [-0.2, 0) is 17.9 Å². The van der Waals surface area contributed by atoms with E-state index in [2.05, 4.69) is 26.2 Å². The molecule has 0 aliphatic rings. The monoisotopic (exact) mass is 442 g/mol. The van der Waals surface area contributed by atoms with Crippen LogP contribution < -0.4 is 5.32 Å². The van der Waals surface area contributed by atoms with Crippen molar-refractivity contribution in [1.82, 2.24) is 19.8 Å². The molecule has 0 spiro atoms. The van der Waals surface area contributed by atoms with Crippen LogP contribution in [0.4, 0.5) is 0 Å². The number of carbonyl (C=O) groups is 2. The lowest BCUT2D eigenvalue weighted by Gasteiger charge is -2.20. The van der Waals surface area contributed by atoms with Gasteiger partial charge in [0.15, 0.2) is 0 Å². The molecule has 0 radical (unpaired) electrons. The highest BCUT2D eigenvalue weighted by Gasteiger charge is 2.17. The van der Waals surface area contributed by atoms with E-state index in [1.54, 1.807) is 17.0 Å². The Morgan fingerprint density at radius 3 is 2.57 bits per heavy atom. The van der Waals surface area contributed by atoms with Crippen LogP contribution in [0.15, 0.2) is 53.0 Å². The fourth-order valence-electron chi connectivity index (χ4n) is 3.14. The summed E-state index contributed by atoms with van der Waals surface area (Å²) >= 11 is 3.38. The highest BCUT2D eigenvalue weighted by Crippen LogP contribution is 2.17. The summed E-state index contributed by atoms with van der Waals surface area (Å²) in [5.41, 5.74) is 2.26. The number of rotatable bonds is 7. The van der Waals surface area contributed by atoms with Gasteiger partial charge in [0.25, 0.3) is 5.91 Å². The lowest BCUT2D eigenvalue weighted by Crippen LogP contribution is -2.34. The fourth-order valence-corrected chi connectivity index (χ4v) is 3.54. The van der Waals surface area contributed by atoms with Crippen LogP contribution in [0.3, 0.4) is 0 Å². The first-order valence-corrected chi connectivity index (χ1v) is 10.1. The second-order valence-electron chi connectivity index (χ2n) is 6.36. The molecule has 0 saturated heterocycles. The molecule has 6 nitrogen and oxygen atoms in total. The number of halogens is 1. The summed E-state index contributed by atoms with van der Waals surface area (Å²) in [5, 5.41) is 2.91. The number of para-hydroxylation sites is 2. The van der Waals surface area contributed by atoms with Crippen LogP contribution in [0, 0.1) is 0 Å². The molecule has 146 valence electrons. The number of hydrogen-bond acceptors (Lipinski definition) is 3. The number of hydrogen-bond donors (Lipinski definition) is 1. The van der Waals surface area contributed by atoms with Gasteiger partial charge in [-0.1, -0.05) is 34.1 Å². The van der Waals surface area contributed by atoms with E-state index in [0.29, 0.717) is 24.5 Å². The van der Waals surface area contributed by atoms with Crippen molar-refractivity contribution in [3.05, 3.63) is 64.4 Å². The van der Waals surface area contributed by atoms with Crippen LogP contribution >= 0.6 is 15.9 Å². The van der Waals surface area contributed by atoms with Crippen molar-refractivity contribution in [2.75, 3.05) is 13.1 Å². The summed E-state index contributed by atoms with van der Waals surface area (Å²) in [6.07, 6.45) is 0. The van der Waals surface area contributed by atoms with Gasteiger partial charge in [0, 0.05) is 23.1 Å². The standard InChI is InChI=1S/C21H23BrN4O2/c1-3-25(4-2)20(27)14-26-18-11-6-5-10-17(18)24-19(26)13-23-21(28)15-8-7-9-16(22)12-15/h5-12H,3-4,13-14H2,1-2H3,(H,23,28). The van der Waals surface area contributed by atoms with E-state index < -0.39 is 0 Å². The maximum Gasteiger partial charge on any atom is 0.251 e. The lowest BCUT2D eigenvalue weighted by molar-refractivity contribution is -0.131. The van der Waals surface area contributed by atoms with E-state index in [1.807, 2.05) is 54.8 Å². The average molecular weight is 443 g/mol. The normalized spacial score (nSPS) is 10.8. The van der Waals surface area contributed by atoms with Crippen LogP contribution in [0.5, 0.6) is 0 Å². The number of imidazole rings is 1. The number of amides is 2. The quantitative estimate of drug-likeness (QED) is 0.607. The molecule has 1 N–H and O–H groups in total. The van der Waals surface area contributed by atoms with E-state index >= 15 is 0 Å². The largest absolute Gasteiger partial charge is 0.345 e. The van der Waals surface area contributed by atoms with Crippen molar-refractivity contribution >= 4 is 38.8 Å². The van der Waals surface area contributed by atoms with Crippen molar-refractivity contribution < 1.29 is 9.59 Å². The number of fused-ring (bicyclic) bond motifs is 1. The van der Waals surface area contributed by atoms with Gasteiger partial charge in [0.2, 0.25) is 5.91 Å². The van der Waals surface area contributed by atoms with Crippen molar-refractivity contribution in [3.8, 4) is 0 Å². The molecule has 28 heavy (non-hydrogen) atoms. The molecule has 7 heteroatoms. The van der Waals surface area contributed by atoms with Gasteiger partial charge in [-0.05, 0) is 44.2 Å². The van der Waals surface area contributed by atoms with Gasteiger partial charge in [-0.2, -0.15) is 0 Å². The molecule has 2 amide bonds. The number of carbonyl (C=O) groups excluding carboxylic acids is 2. The minimum Gasteiger partial charge on any atom is -0.345 e. The number of aromatic nitrogens is 2. The molecule has 0 fully saturated rings. The summed E-state index contributed by atoms with van der Waals surface area (Å²) in [6.45, 7) is 5.70. The van der Waals surface area contributed by atoms with E-state index in [-0.39, 0.29) is 24.9 Å². The van der Waals surface area contributed by atoms with E-state index in [0.717, 1.165) is 15.5 Å². The zero-order chi connectivity index (χ0) is 20.1. The molecular weight excluding hydrogens is 420 g/mol. The number of nitrogens with zero attached hydrogens (tertiary/aromatic N) is 3. The SMILES string of the molecule is CCN(CC)C(=O)Cn1c(CNC(=O)c2cccc(Br)c2)nc2ccccc21. The van der Waals surface area contributed by atoms with Gasteiger partial charge in [0.05, 0.1) is 17.6 Å². The molecule has 3 rings (SSSR count). The molecule has 2 aromatic carbocycles. The maximum absolute atomic E-state index is 12.7. The molecule has 1 aromatic heterocycles. The Balaban J connectivity index is 1.84. The van der Waals surface area contributed by atoms with Crippen molar-refractivity contribution in [1.29, 1.82) is 0 Å². The van der Waals surface area contributed by atoms with Crippen LogP contribution in [-0.4, -0.2) is 39.4 Å². The third-order valence-electron chi connectivity index (χ3n) is 4.64. The second-order valence-corrected chi connectivity index (χ2v) is 7.28. The third-order valence-corrected chi connectivity index (χ3v) is 5.13. The first-order valence-electron chi connectivity index (χ1n) is 9.29. The molecule has 0 saturated carbocycles. The molecule has 0 bridgehead atoms. The van der Waals surface area contributed by atoms with Crippen molar-refractivity contribution in [2.24, 2.45) is 0 Å². The minimum atomic E-state index is -0.185. The molecule has 0 atom stereocenters. The Kier molecular flexibility index (Phi) is 6.46. The van der Waals surface area contributed by atoms with Gasteiger partial charge in [0.1, 0.15) is 12.4 Å². The zero-order valence-electron chi connectivity index (χ0n) is 16.0. The van der Waals surface area contributed by atoms with E-state index in [9.17, 15) is 9.59 Å². The fraction of sp³-hybridized carbons (Fsp3) is 0.286. The summed E-state index contributed by atoms with van der Waals surface area (Å²) < 4.78 is 2.73. The van der Waals surface area contributed by atoms with Gasteiger partial charge >= 0.3 is 0 Å². The maximum atomic E-state index is 12.7. The summed E-state index contributed by atoms with van der Waals surface area (Å²) in [4.78, 5) is 31.5. The summed E-state index contributed by atoms with van der Waals surface area (Å²) in [5.74, 6) is 0.507. The Morgan fingerprint density at radius 2 is 1.86 bits per heavy atom. The Labute approximate surface area is 172 Å². The first-order chi connectivity index (χ1) is 13.5. The average Bonchev–Trinajstić information content (AvgIpc) is 3.04. The van der Waals surface area contributed by atoms with E-state index in [4.69, 9.17) is 0 Å². The molecule has 0 aliphatic heterocycles. The summed E-state index contributed by atoms with van der Waals surface area (Å²) in [7, 11) is 0. The van der Waals surface area contributed by atoms with E-state index in [1.165, 1.54) is 0 Å². The smallest absolute Gasteiger partial charge is 0.251 e. The predicted molar refractivity (Wildman–Crippen MR) is 113 cm³/mol. The Bertz CT molecular complexity index is 995. The number of benzene rings is 2.